The molecule has 0 aromatic carbocycles. The molecule has 5 heteroatoms. The monoisotopic (exact) mass is 340 g/mol. The summed E-state index contributed by atoms with van der Waals surface area (Å²) in [6.45, 7) is 2.04. The van der Waals surface area contributed by atoms with Gasteiger partial charge >= 0.3 is 119 Å². The van der Waals surface area contributed by atoms with Crippen molar-refractivity contribution in [2.45, 2.75) is 40.4 Å². The molecule has 2 nitrogen and oxygen atoms in total. The van der Waals surface area contributed by atoms with Gasteiger partial charge in [-0.2, -0.15) is 0 Å². The number of ether oxygens (including phenoxy) is 2. The van der Waals surface area contributed by atoms with Crippen molar-refractivity contribution in [2.75, 3.05) is 30.5 Å². The van der Waals surface area contributed by atoms with Gasteiger partial charge in [-0.25, -0.2) is 0 Å². The van der Waals surface area contributed by atoms with Crippen LogP contribution >= 0.6 is 23.5 Å². The zero-order valence-electron chi connectivity index (χ0n) is 10.0. The van der Waals surface area contributed by atoms with Crippen molar-refractivity contribution >= 4 is 38.5 Å². The van der Waals surface area contributed by atoms with E-state index in [2.05, 4.69) is 23.5 Å². The Morgan fingerprint density at radius 3 is 2.41 bits per heavy atom. The second-order valence-corrected chi connectivity index (χ2v) is 10.1. The second-order valence-electron chi connectivity index (χ2n) is 4.94. The molecule has 3 saturated heterocycles. The summed E-state index contributed by atoms with van der Waals surface area (Å²) in [5, 5.41) is 2.45. The van der Waals surface area contributed by atoms with Gasteiger partial charge in [-0.3, -0.25) is 0 Å². The summed E-state index contributed by atoms with van der Waals surface area (Å²) in [5.41, 5.74) is 0. The van der Waals surface area contributed by atoms with E-state index in [1.54, 1.807) is 0 Å². The van der Waals surface area contributed by atoms with Crippen LogP contribution in [0.1, 0.15) is 12.8 Å². The standard InChI is InChI=1S/C12H20O2S2Se/c1-2-12(7-15-5-9-3-13-9)17-8-11(1)16-6-10-4-14-10/h9-12H,1-8H2. The van der Waals surface area contributed by atoms with E-state index in [1.165, 1.54) is 35.4 Å². The topological polar surface area (TPSA) is 25.1 Å². The first-order valence-electron chi connectivity index (χ1n) is 6.44. The van der Waals surface area contributed by atoms with Gasteiger partial charge in [0, 0.05) is 0 Å². The van der Waals surface area contributed by atoms with Crippen LogP contribution in [-0.4, -0.2) is 62.9 Å². The Labute approximate surface area is 118 Å². The summed E-state index contributed by atoms with van der Waals surface area (Å²) in [6, 6.07) is 0. The van der Waals surface area contributed by atoms with E-state index >= 15 is 0 Å². The molecule has 3 aliphatic rings. The molecule has 3 fully saturated rings. The Morgan fingerprint density at radius 1 is 1.00 bits per heavy atom. The van der Waals surface area contributed by atoms with E-state index in [4.69, 9.17) is 9.47 Å². The summed E-state index contributed by atoms with van der Waals surface area (Å²) >= 11 is 5.18. The summed E-state index contributed by atoms with van der Waals surface area (Å²) < 4.78 is 10.5. The SMILES string of the molecule is C1OC1CSCC1CCC(SCC2CO2)C[Se]1. The molecular weight excluding hydrogens is 319 g/mol. The van der Waals surface area contributed by atoms with Gasteiger partial charge in [0.1, 0.15) is 0 Å². The fourth-order valence-electron chi connectivity index (χ4n) is 1.95. The molecule has 4 atom stereocenters. The van der Waals surface area contributed by atoms with Crippen molar-refractivity contribution in [1.82, 2.24) is 0 Å². The van der Waals surface area contributed by atoms with E-state index in [-0.39, 0.29) is 0 Å². The Morgan fingerprint density at radius 2 is 1.76 bits per heavy atom. The van der Waals surface area contributed by atoms with Crippen LogP contribution in [0.2, 0.25) is 10.1 Å². The summed E-state index contributed by atoms with van der Waals surface area (Å²) in [5.74, 6) is 3.88. The van der Waals surface area contributed by atoms with Crippen molar-refractivity contribution < 1.29 is 9.47 Å². The van der Waals surface area contributed by atoms with Gasteiger partial charge in [0.2, 0.25) is 0 Å². The molecule has 3 heterocycles. The van der Waals surface area contributed by atoms with Gasteiger partial charge in [-0.05, 0) is 0 Å². The summed E-state index contributed by atoms with van der Waals surface area (Å²) in [6.07, 6.45) is 4.14. The van der Waals surface area contributed by atoms with Crippen LogP contribution in [-0.2, 0) is 9.47 Å². The molecule has 0 saturated carbocycles. The van der Waals surface area contributed by atoms with E-state index in [0.717, 1.165) is 38.2 Å². The van der Waals surface area contributed by atoms with E-state index < -0.39 is 0 Å². The Balaban J connectivity index is 1.24. The van der Waals surface area contributed by atoms with Crippen LogP contribution in [0, 0.1) is 0 Å². The fraction of sp³-hybridized carbons (Fsp3) is 1.00. The third kappa shape index (κ3) is 4.96. The number of epoxide rings is 2. The van der Waals surface area contributed by atoms with Gasteiger partial charge in [0.15, 0.2) is 0 Å². The molecule has 4 unspecified atom stereocenters. The van der Waals surface area contributed by atoms with Crippen LogP contribution in [0.3, 0.4) is 0 Å². The average Bonchev–Trinajstić information content (AvgIpc) is 3.23. The molecule has 0 N–H and O–H groups in total. The summed E-state index contributed by atoms with van der Waals surface area (Å²) in [4.78, 5) is 1.04. The molecule has 0 amide bonds. The molecule has 0 aromatic rings. The first kappa shape index (κ1) is 13.1. The van der Waals surface area contributed by atoms with E-state index in [0.29, 0.717) is 12.2 Å². The number of rotatable bonds is 7. The molecule has 3 rings (SSSR count). The first-order chi connectivity index (χ1) is 8.40. The van der Waals surface area contributed by atoms with Gasteiger partial charge in [0.05, 0.1) is 0 Å². The van der Waals surface area contributed by atoms with Gasteiger partial charge in [-0.15, -0.1) is 0 Å². The molecule has 17 heavy (non-hydrogen) atoms. The quantitative estimate of drug-likeness (QED) is 0.525. The predicted octanol–water partition coefficient (Wildman–Crippen LogP) is 2.32. The van der Waals surface area contributed by atoms with Gasteiger partial charge in [0.25, 0.3) is 0 Å². The predicted molar refractivity (Wildman–Crippen MR) is 76.6 cm³/mol. The van der Waals surface area contributed by atoms with Crippen LogP contribution in [0.5, 0.6) is 0 Å². The van der Waals surface area contributed by atoms with Crippen molar-refractivity contribution in [3.63, 3.8) is 0 Å². The molecular formula is C12H20O2S2Se. The second kappa shape index (κ2) is 6.53. The Kier molecular flexibility index (Phi) is 5.05. The minimum absolute atomic E-state index is 0.609. The number of hydrogen-bond acceptors (Lipinski definition) is 4. The molecule has 3 aliphatic heterocycles. The van der Waals surface area contributed by atoms with Crippen molar-refractivity contribution in [1.29, 1.82) is 0 Å². The maximum absolute atomic E-state index is 5.27. The molecule has 0 aliphatic carbocycles. The minimum atomic E-state index is 0.609. The van der Waals surface area contributed by atoms with Crippen molar-refractivity contribution in [3.8, 4) is 0 Å². The van der Waals surface area contributed by atoms with Crippen molar-refractivity contribution in [3.05, 3.63) is 0 Å². The van der Waals surface area contributed by atoms with Gasteiger partial charge < -0.3 is 0 Å². The zero-order chi connectivity index (χ0) is 11.5. The molecule has 0 aromatic heterocycles. The average molecular weight is 339 g/mol. The van der Waals surface area contributed by atoms with Crippen molar-refractivity contribution in [2.24, 2.45) is 0 Å². The van der Waals surface area contributed by atoms with Gasteiger partial charge in [-0.1, -0.05) is 0 Å². The molecule has 0 bridgehead atoms. The van der Waals surface area contributed by atoms with Crippen LogP contribution in [0.15, 0.2) is 0 Å². The maximum atomic E-state index is 5.27. The fourth-order valence-corrected chi connectivity index (χ4v) is 8.37. The zero-order valence-corrected chi connectivity index (χ0v) is 13.4. The molecule has 0 spiro atoms. The van der Waals surface area contributed by atoms with Crippen LogP contribution in [0.25, 0.3) is 0 Å². The number of thioether (sulfide) groups is 2. The van der Waals surface area contributed by atoms with E-state index in [9.17, 15) is 0 Å². The molecule has 0 radical (unpaired) electrons. The normalized spacial score (nSPS) is 40.2. The van der Waals surface area contributed by atoms with Crippen LogP contribution < -0.4 is 0 Å². The third-order valence-electron chi connectivity index (χ3n) is 3.26. The Bertz CT molecular complexity index is 239. The number of hydrogen-bond donors (Lipinski definition) is 0. The van der Waals surface area contributed by atoms with E-state index in [1.807, 2.05) is 0 Å². The third-order valence-corrected chi connectivity index (χ3v) is 9.98. The Hall–Kier alpha value is 1.14. The van der Waals surface area contributed by atoms with Crippen LogP contribution in [0.4, 0.5) is 0 Å². The first-order valence-corrected chi connectivity index (χ1v) is 10.8. The molecule has 98 valence electrons. The summed E-state index contributed by atoms with van der Waals surface area (Å²) in [7, 11) is 0.